The molecule has 0 bridgehead atoms. The minimum atomic E-state index is -0.683. The number of nitrogens with zero attached hydrogens (tertiary/aromatic N) is 3. The molecule has 0 spiro atoms. The molecular formula is C10H5ClFN3O3. The number of ether oxygens (including phenoxy) is 1. The van der Waals surface area contributed by atoms with E-state index >= 15 is 0 Å². The number of hydrogen-bond acceptors (Lipinski definition) is 5. The molecule has 2 aromatic rings. The maximum atomic E-state index is 13.0. The van der Waals surface area contributed by atoms with Gasteiger partial charge in [-0.3, -0.25) is 10.1 Å². The van der Waals surface area contributed by atoms with Crippen molar-refractivity contribution in [3.8, 4) is 11.6 Å². The van der Waals surface area contributed by atoms with E-state index in [0.29, 0.717) is 0 Å². The zero-order valence-electron chi connectivity index (χ0n) is 8.71. The molecule has 92 valence electrons. The third-order valence-corrected chi connectivity index (χ3v) is 2.12. The molecule has 0 aliphatic heterocycles. The summed E-state index contributed by atoms with van der Waals surface area (Å²) >= 11 is 5.53. The van der Waals surface area contributed by atoms with Crippen LogP contribution >= 0.6 is 11.6 Å². The first-order chi connectivity index (χ1) is 8.56. The van der Waals surface area contributed by atoms with Crippen LogP contribution in [0.25, 0.3) is 0 Å². The summed E-state index contributed by atoms with van der Waals surface area (Å²) in [5.74, 6) is -0.922. The first-order valence-corrected chi connectivity index (χ1v) is 5.04. The molecule has 0 saturated carbocycles. The van der Waals surface area contributed by atoms with Crippen LogP contribution in [0.1, 0.15) is 0 Å². The predicted molar refractivity (Wildman–Crippen MR) is 60.2 cm³/mol. The Balaban J connectivity index is 2.39. The molecule has 0 aliphatic carbocycles. The van der Waals surface area contributed by atoms with Crippen LogP contribution in [0.4, 0.5) is 10.1 Å². The van der Waals surface area contributed by atoms with Gasteiger partial charge in [-0.1, -0.05) is 0 Å². The van der Waals surface area contributed by atoms with Crippen molar-refractivity contribution in [1.82, 2.24) is 9.97 Å². The van der Waals surface area contributed by atoms with E-state index in [1.165, 1.54) is 12.3 Å². The molecule has 0 aliphatic rings. The van der Waals surface area contributed by atoms with Gasteiger partial charge in [0.1, 0.15) is 5.82 Å². The summed E-state index contributed by atoms with van der Waals surface area (Å²) in [6, 6.07) is 4.22. The Morgan fingerprint density at radius 3 is 2.83 bits per heavy atom. The summed E-state index contributed by atoms with van der Waals surface area (Å²) < 4.78 is 18.1. The largest absolute Gasteiger partial charge is 0.432 e. The smallest absolute Gasteiger partial charge is 0.311 e. The van der Waals surface area contributed by atoms with Crippen molar-refractivity contribution in [2.75, 3.05) is 0 Å². The molecule has 0 fully saturated rings. The maximum Gasteiger partial charge on any atom is 0.311 e. The molecule has 8 heteroatoms. The Labute approximate surface area is 105 Å². The second-order valence-electron chi connectivity index (χ2n) is 3.14. The van der Waals surface area contributed by atoms with Crippen LogP contribution in [0.5, 0.6) is 11.6 Å². The summed E-state index contributed by atoms with van der Waals surface area (Å²) in [7, 11) is 0. The maximum absolute atomic E-state index is 13.0. The van der Waals surface area contributed by atoms with Gasteiger partial charge in [-0.05, 0) is 17.7 Å². The number of aromatic nitrogens is 2. The minimum absolute atomic E-state index is 0.0105. The van der Waals surface area contributed by atoms with Gasteiger partial charge in [-0.2, -0.15) is 4.98 Å². The van der Waals surface area contributed by atoms with Gasteiger partial charge in [0.15, 0.2) is 0 Å². The average molecular weight is 270 g/mol. The summed E-state index contributed by atoms with van der Waals surface area (Å²) in [6.07, 6.45) is 1.32. The monoisotopic (exact) mass is 269 g/mol. The number of halogens is 2. The third kappa shape index (κ3) is 2.69. The number of benzene rings is 1. The summed E-state index contributed by atoms with van der Waals surface area (Å²) in [4.78, 5) is 17.4. The highest BCUT2D eigenvalue weighted by molar-refractivity contribution is 6.28. The van der Waals surface area contributed by atoms with Gasteiger partial charge in [0.2, 0.25) is 16.9 Å². The van der Waals surface area contributed by atoms with Gasteiger partial charge in [-0.15, -0.1) is 0 Å². The molecule has 6 nitrogen and oxygen atoms in total. The average Bonchev–Trinajstić information content (AvgIpc) is 2.28. The van der Waals surface area contributed by atoms with E-state index in [9.17, 15) is 14.5 Å². The second-order valence-corrected chi connectivity index (χ2v) is 3.47. The summed E-state index contributed by atoms with van der Waals surface area (Å²) in [6.45, 7) is 0. The van der Waals surface area contributed by atoms with E-state index in [1.54, 1.807) is 0 Å². The zero-order valence-corrected chi connectivity index (χ0v) is 9.46. The first-order valence-electron chi connectivity index (χ1n) is 4.66. The molecule has 1 heterocycles. The molecule has 0 atom stereocenters. The number of rotatable bonds is 3. The Kier molecular flexibility index (Phi) is 3.33. The van der Waals surface area contributed by atoms with Crippen LogP contribution in [-0.2, 0) is 0 Å². The quantitative estimate of drug-likeness (QED) is 0.486. The Bertz CT molecular complexity index is 609. The Morgan fingerprint density at radius 1 is 1.39 bits per heavy atom. The van der Waals surface area contributed by atoms with E-state index in [1.807, 2.05) is 0 Å². The fourth-order valence-electron chi connectivity index (χ4n) is 1.21. The summed E-state index contributed by atoms with van der Waals surface area (Å²) in [5, 5.41) is 10.7. The fourth-order valence-corrected chi connectivity index (χ4v) is 1.35. The van der Waals surface area contributed by atoms with E-state index in [2.05, 4.69) is 9.97 Å². The van der Waals surface area contributed by atoms with Crippen molar-refractivity contribution in [2.45, 2.75) is 0 Å². The Morgan fingerprint density at radius 2 is 2.17 bits per heavy atom. The lowest BCUT2D eigenvalue weighted by molar-refractivity contribution is -0.385. The van der Waals surface area contributed by atoms with Gasteiger partial charge < -0.3 is 4.74 Å². The summed E-state index contributed by atoms with van der Waals surface area (Å²) in [5.41, 5.74) is -0.369. The van der Waals surface area contributed by atoms with Crippen LogP contribution in [0.15, 0.2) is 30.5 Å². The highest BCUT2D eigenvalue weighted by Crippen LogP contribution is 2.31. The van der Waals surface area contributed by atoms with Crippen LogP contribution in [-0.4, -0.2) is 14.9 Å². The van der Waals surface area contributed by atoms with Crippen molar-refractivity contribution in [3.63, 3.8) is 0 Å². The lowest BCUT2D eigenvalue weighted by Crippen LogP contribution is -1.96. The minimum Gasteiger partial charge on any atom is -0.432 e. The molecular weight excluding hydrogens is 265 g/mol. The molecule has 0 unspecified atom stereocenters. The van der Waals surface area contributed by atoms with Gasteiger partial charge in [-0.25, -0.2) is 9.37 Å². The van der Waals surface area contributed by atoms with E-state index in [4.69, 9.17) is 16.3 Å². The molecule has 1 aromatic carbocycles. The highest BCUT2D eigenvalue weighted by Gasteiger charge is 2.17. The molecule has 0 radical (unpaired) electrons. The fraction of sp³-hybridized carbons (Fsp3) is 0. The topological polar surface area (TPSA) is 78.2 Å². The van der Waals surface area contributed by atoms with E-state index in [-0.39, 0.29) is 22.6 Å². The van der Waals surface area contributed by atoms with E-state index < -0.39 is 10.7 Å². The van der Waals surface area contributed by atoms with Gasteiger partial charge in [0.05, 0.1) is 4.92 Å². The van der Waals surface area contributed by atoms with Gasteiger partial charge >= 0.3 is 5.69 Å². The van der Waals surface area contributed by atoms with Crippen molar-refractivity contribution < 1.29 is 14.1 Å². The van der Waals surface area contributed by atoms with Gasteiger partial charge in [0, 0.05) is 24.4 Å². The molecule has 2 rings (SSSR count). The second kappa shape index (κ2) is 4.92. The van der Waals surface area contributed by atoms with Crippen LogP contribution < -0.4 is 4.74 Å². The van der Waals surface area contributed by atoms with Crippen molar-refractivity contribution in [1.29, 1.82) is 0 Å². The molecule has 18 heavy (non-hydrogen) atoms. The van der Waals surface area contributed by atoms with Crippen molar-refractivity contribution >= 4 is 17.3 Å². The number of nitro benzene ring substituents is 1. The van der Waals surface area contributed by atoms with Crippen LogP contribution in [0, 0.1) is 15.9 Å². The normalized spacial score (nSPS) is 10.1. The van der Waals surface area contributed by atoms with Crippen LogP contribution in [0.3, 0.4) is 0 Å². The lowest BCUT2D eigenvalue weighted by Gasteiger charge is -2.05. The predicted octanol–water partition coefficient (Wildman–Crippen LogP) is 2.97. The molecule has 0 amide bonds. The zero-order chi connectivity index (χ0) is 13.1. The molecule has 0 saturated heterocycles. The first kappa shape index (κ1) is 12.2. The van der Waals surface area contributed by atoms with Crippen molar-refractivity contribution in [3.05, 3.63) is 51.7 Å². The number of hydrogen-bond donors (Lipinski definition) is 0. The SMILES string of the molecule is O=[N+]([O-])c1ccc(F)cc1Oc1ccnc(Cl)n1. The van der Waals surface area contributed by atoms with Crippen molar-refractivity contribution in [2.24, 2.45) is 0 Å². The molecule has 0 N–H and O–H groups in total. The number of nitro groups is 1. The third-order valence-electron chi connectivity index (χ3n) is 1.93. The molecule has 1 aromatic heterocycles. The van der Waals surface area contributed by atoms with Gasteiger partial charge in [0.25, 0.3) is 0 Å². The lowest BCUT2D eigenvalue weighted by atomic mass is 10.3. The Hall–Kier alpha value is -2.28. The highest BCUT2D eigenvalue weighted by atomic mass is 35.5. The van der Waals surface area contributed by atoms with Crippen LogP contribution in [0.2, 0.25) is 5.28 Å². The van der Waals surface area contributed by atoms with E-state index in [0.717, 1.165) is 18.2 Å². The standard InChI is InChI=1S/C10H5ClFN3O3/c11-10-13-4-3-9(14-10)18-8-5-6(12)1-2-7(8)15(16)17/h1-5H.